The smallest absolute Gasteiger partial charge is 0.201 e. The lowest BCUT2D eigenvalue weighted by Crippen LogP contribution is -1.95. The Hall–Kier alpha value is -2.36. The van der Waals surface area contributed by atoms with Crippen LogP contribution in [0.3, 0.4) is 0 Å². The maximum atomic E-state index is 13.9. The van der Waals surface area contributed by atoms with E-state index in [4.69, 9.17) is 9.47 Å². The van der Waals surface area contributed by atoms with E-state index in [0.29, 0.717) is 11.3 Å². The molecule has 0 heterocycles. The summed E-state index contributed by atoms with van der Waals surface area (Å²) in [6.07, 6.45) is 3.30. The predicted molar refractivity (Wildman–Crippen MR) is 73.8 cm³/mol. The van der Waals surface area contributed by atoms with Gasteiger partial charge >= 0.3 is 0 Å². The summed E-state index contributed by atoms with van der Waals surface area (Å²) in [5, 5.41) is 0. The molecule has 0 unspecified atom stereocenters. The van der Waals surface area contributed by atoms with E-state index in [1.807, 2.05) is 6.92 Å². The van der Waals surface area contributed by atoms with Gasteiger partial charge in [0.05, 0.1) is 13.4 Å². The zero-order valence-corrected chi connectivity index (χ0v) is 11.2. The Morgan fingerprint density at radius 3 is 2.25 bits per heavy atom. The second-order valence-electron chi connectivity index (χ2n) is 4.05. The predicted octanol–water partition coefficient (Wildman–Crippen LogP) is 4.55. The van der Waals surface area contributed by atoms with Crippen molar-refractivity contribution in [3.8, 4) is 22.6 Å². The molecule has 0 bridgehead atoms. The van der Waals surface area contributed by atoms with Crippen molar-refractivity contribution in [2.75, 3.05) is 7.11 Å². The van der Waals surface area contributed by atoms with Gasteiger partial charge in [-0.3, -0.25) is 0 Å². The van der Waals surface area contributed by atoms with Crippen molar-refractivity contribution in [3.05, 3.63) is 60.4 Å². The maximum absolute atomic E-state index is 13.9. The minimum atomic E-state index is -0.987. The molecule has 0 amide bonds. The number of benzene rings is 2. The summed E-state index contributed by atoms with van der Waals surface area (Å²) in [5.74, 6) is -1.40. The van der Waals surface area contributed by atoms with E-state index in [0.717, 1.165) is 0 Å². The van der Waals surface area contributed by atoms with Gasteiger partial charge in [-0.1, -0.05) is 18.2 Å². The zero-order chi connectivity index (χ0) is 14.5. The molecule has 2 nitrogen and oxygen atoms in total. The SMILES string of the molecule is C/C=C/Oc1ccc(-c2ccc(OC)c(F)c2F)cc1. The first-order valence-corrected chi connectivity index (χ1v) is 6.07. The molecule has 0 aliphatic heterocycles. The van der Waals surface area contributed by atoms with E-state index in [-0.39, 0.29) is 11.3 Å². The van der Waals surface area contributed by atoms with Crippen LogP contribution in [0.15, 0.2) is 48.7 Å². The van der Waals surface area contributed by atoms with Gasteiger partial charge in [0, 0.05) is 5.56 Å². The molecular weight excluding hydrogens is 262 g/mol. The summed E-state index contributed by atoms with van der Waals surface area (Å²) in [5.41, 5.74) is 0.748. The Morgan fingerprint density at radius 1 is 0.950 bits per heavy atom. The second kappa shape index (κ2) is 6.19. The minimum absolute atomic E-state index is 0.112. The number of hydrogen-bond donors (Lipinski definition) is 0. The fourth-order valence-corrected chi connectivity index (χ4v) is 1.77. The molecule has 4 heteroatoms. The molecular formula is C16H14F2O2. The molecule has 0 aliphatic rings. The van der Waals surface area contributed by atoms with Crippen LogP contribution in [0.2, 0.25) is 0 Å². The Balaban J connectivity index is 2.34. The van der Waals surface area contributed by atoms with Crippen molar-refractivity contribution >= 4 is 0 Å². The van der Waals surface area contributed by atoms with Crippen molar-refractivity contribution in [3.63, 3.8) is 0 Å². The van der Waals surface area contributed by atoms with Crippen LogP contribution in [0, 0.1) is 11.6 Å². The first kappa shape index (κ1) is 14.1. The van der Waals surface area contributed by atoms with Gasteiger partial charge in [-0.2, -0.15) is 4.39 Å². The van der Waals surface area contributed by atoms with Crippen LogP contribution in [0.25, 0.3) is 11.1 Å². The maximum Gasteiger partial charge on any atom is 0.201 e. The van der Waals surface area contributed by atoms with Crippen molar-refractivity contribution < 1.29 is 18.3 Å². The largest absolute Gasteiger partial charge is 0.494 e. The molecule has 0 saturated carbocycles. The van der Waals surface area contributed by atoms with Gasteiger partial charge in [0.2, 0.25) is 5.82 Å². The van der Waals surface area contributed by atoms with E-state index >= 15 is 0 Å². The number of rotatable bonds is 4. The van der Waals surface area contributed by atoms with Crippen molar-refractivity contribution in [2.24, 2.45) is 0 Å². The third-order valence-corrected chi connectivity index (χ3v) is 2.77. The monoisotopic (exact) mass is 276 g/mol. The third-order valence-electron chi connectivity index (χ3n) is 2.77. The van der Waals surface area contributed by atoms with Crippen LogP contribution in [-0.4, -0.2) is 7.11 Å². The highest BCUT2D eigenvalue weighted by molar-refractivity contribution is 5.66. The van der Waals surface area contributed by atoms with E-state index < -0.39 is 11.6 Å². The average Bonchev–Trinajstić information content (AvgIpc) is 2.48. The highest BCUT2D eigenvalue weighted by atomic mass is 19.2. The molecule has 2 aromatic carbocycles. The van der Waals surface area contributed by atoms with Crippen LogP contribution in [-0.2, 0) is 0 Å². The summed E-state index contributed by atoms with van der Waals surface area (Å²) in [6, 6.07) is 9.61. The van der Waals surface area contributed by atoms with Crippen LogP contribution in [0.1, 0.15) is 6.92 Å². The van der Waals surface area contributed by atoms with Gasteiger partial charge in [-0.05, 0) is 36.8 Å². The first-order valence-electron chi connectivity index (χ1n) is 6.07. The van der Waals surface area contributed by atoms with E-state index in [1.165, 1.54) is 19.2 Å². The standard InChI is InChI=1S/C16H14F2O2/c1-3-10-20-12-6-4-11(5-7-12)13-8-9-14(19-2)16(18)15(13)17/h3-10H,1-2H3/b10-3+. The topological polar surface area (TPSA) is 18.5 Å². The molecule has 20 heavy (non-hydrogen) atoms. The molecule has 104 valence electrons. The molecule has 0 aliphatic carbocycles. The molecule has 0 spiro atoms. The molecule has 0 atom stereocenters. The summed E-state index contributed by atoms with van der Waals surface area (Å²) in [7, 11) is 1.30. The molecule has 0 fully saturated rings. The molecule has 2 aromatic rings. The number of hydrogen-bond acceptors (Lipinski definition) is 2. The van der Waals surface area contributed by atoms with Gasteiger partial charge in [0.1, 0.15) is 5.75 Å². The van der Waals surface area contributed by atoms with E-state index in [2.05, 4.69) is 0 Å². The summed E-state index contributed by atoms with van der Waals surface area (Å²) in [4.78, 5) is 0. The number of halogens is 2. The van der Waals surface area contributed by atoms with Gasteiger partial charge in [0.25, 0.3) is 0 Å². The average molecular weight is 276 g/mol. The van der Waals surface area contributed by atoms with Crippen molar-refractivity contribution in [1.82, 2.24) is 0 Å². The molecule has 0 aromatic heterocycles. The fourth-order valence-electron chi connectivity index (χ4n) is 1.77. The molecule has 2 rings (SSSR count). The molecule has 0 saturated heterocycles. The Bertz CT molecular complexity index is 619. The number of methoxy groups -OCH3 is 1. The van der Waals surface area contributed by atoms with Gasteiger partial charge < -0.3 is 9.47 Å². The Kier molecular flexibility index (Phi) is 4.35. The third kappa shape index (κ3) is 2.79. The normalized spacial score (nSPS) is 10.8. The highest BCUT2D eigenvalue weighted by Gasteiger charge is 2.15. The number of allylic oxidation sites excluding steroid dienone is 1. The summed E-state index contributed by atoms with van der Waals surface area (Å²) >= 11 is 0. The number of ether oxygens (including phenoxy) is 2. The van der Waals surface area contributed by atoms with Crippen LogP contribution in [0.5, 0.6) is 11.5 Å². The molecule has 0 radical (unpaired) electrons. The van der Waals surface area contributed by atoms with Crippen LogP contribution < -0.4 is 9.47 Å². The Labute approximate surface area is 116 Å². The Morgan fingerprint density at radius 2 is 1.65 bits per heavy atom. The van der Waals surface area contributed by atoms with E-state index in [1.54, 1.807) is 36.6 Å². The summed E-state index contributed by atoms with van der Waals surface area (Å²) in [6.45, 7) is 1.84. The van der Waals surface area contributed by atoms with Crippen LogP contribution >= 0.6 is 0 Å². The lowest BCUT2D eigenvalue weighted by atomic mass is 10.0. The van der Waals surface area contributed by atoms with E-state index in [9.17, 15) is 8.78 Å². The zero-order valence-electron chi connectivity index (χ0n) is 11.2. The van der Waals surface area contributed by atoms with Crippen molar-refractivity contribution in [2.45, 2.75) is 6.92 Å². The lowest BCUT2D eigenvalue weighted by molar-refractivity contribution is 0.372. The quantitative estimate of drug-likeness (QED) is 0.762. The van der Waals surface area contributed by atoms with Crippen molar-refractivity contribution in [1.29, 1.82) is 0 Å². The fraction of sp³-hybridized carbons (Fsp3) is 0.125. The molecule has 0 N–H and O–H groups in total. The highest BCUT2D eigenvalue weighted by Crippen LogP contribution is 2.30. The lowest BCUT2D eigenvalue weighted by Gasteiger charge is -2.08. The van der Waals surface area contributed by atoms with Gasteiger partial charge in [0.15, 0.2) is 11.6 Å². The second-order valence-corrected chi connectivity index (χ2v) is 4.05. The van der Waals surface area contributed by atoms with Gasteiger partial charge in [-0.15, -0.1) is 0 Å². The van der Waals surface area contributed by atoms with Crippen LogP contribution in [0.4, 0.5) is 8.78 Å². The minimum Gasteiger partial charge on any atom is -0.494 e. The first-order chi connectivity index (χ1) is 9.67. The van der Waals surface area contributed by atoms with Gasteiger partial charge in [-0.25, -0.2) is 4.39 Å². The summed E-state index contributed by atoms with van der Waals surface area (Å²) < 4.78 is 37.6.